The lowest BCUT2D eigenvalue weighted by atomic mass is 10.1. The summed E-state index contributed by atoms with van der Waals surface area (Å²) in [6.07, 6.45) is -1.27. The van der Waals surface area contributed by atoms with E-state index in [4.69, 9.17) is 0 Å². The number of hydrogen-bond acceptors (Lipinski definition) is 3. The van der Waals surface area contributed by atoms with E-state index >= 15 is 0 Å². The van der Waals surface area contributed by atoms with Gasteiger partial charge >= 0.3 is 0 Å². The molecule has 0 spiro atoms. The average molecular weight is 344 g/mol. The summed E-state index contributed by atoms with van der Waals surface area (Å²) in [5, 5.41) is 15.4. The highest BCUT2D eigenvalue weighted by Crippen LogP contribution is 2.19. The fourth-order valence-corrected chi connectivity index (χ4v) is 2.14. The van der Waals surface area contributed by atoms with Crippen LogP contribution in [0, 0.1) is 11.7 Å². The molecule has 6 heteroatoms. The largest absolute Gasteiger partial charge is 0.388 e. The molecule has 2 amide bonds. The van der Waals surface area contributed by atoms with E-state index in [0.29, 0.717) is 16.9 Å². The second kappa shape index (κ2) is 8.39. The van der Waals surface area contributed by atoms with E-state index in [-0.39, 0.29) is 18.2 Å². The number of amides is 2. The number of benzene rings is 2. The van der Waals surface area contributed by atoms with Gasteiger partial charge in [0.25, 0.3) is 0 Å². The first-order valence-electron chi connectivity index (χ1n) is 7.99. The van der Waals surface area contributed by atoms with Gasteiger partial charge in [-0.15, -0.1) is 0 Å². The van der Waals surface area contributed by atoms with Crippen molar-refractivity contribution in [3.8, 4) is 0 Å². The van der Waals surface area contributed by atoms with Crippen molar-refractivity contribution < 1.29 is 19.1 Å². The summed E-state index contributed by atoms with van der Waals surface area (Å²) in [4.78, 5) is 23.6. The molecule has 0 aromatic heterocycles. The average Bonchev–Trinajstić information content (AvgIpc) is 2.56. The molecule has 2 aromatic rings. The molecule has 0 aliphatic rings. The molecule has 0 heterocycles. The number of nitrogens with one attached hydrogen (secondary N) is 2. The molecule has 0 bridgehead atoms. The van der Waals surface area contributed by atoms with Crippen LogP contribution < -0.4 is 10.6 Å². The third-order valence-corrected chi connectivity index (χ3v) is 3.57. The minimum Gasteiger partial charge on any atom is -0.388 e. The summed E-state index contributed by atoms with van der Waals surface area (Å²) in [7, 11) is 0. The van der Waals surface area contributed by atoms with Crippen LogP contribution in [0.15, 0.2) is 48.5 Å². The van der Waals surface area contributed by atoms with E-state index in [2.05, 4.69) is 10.6 Å². The van der Waals surface area contributed by atoms with Crippen molar-refractivity contribution in [3.05, 3.63) is 59.9 Å². The number of halogens is 1. The zero-order valence-electron chi connectivity index (χ0n) is 14.1. The monoisotopic (exact) mass is 344 g/mol. The van der Waals surface area contributed by atoms with E-state index in [9.17, 15) is 19.1 Å². The molecular weight excluding hydrogens is 323 g/mol. The highest BCUT2D eigenvalue weighted by atomic mass is 19.1. The molecular formula is C19H21FN2O3. The van der Waals surface area contributed by atoms with Crippen LogP contribution in [0.4, 0.5) is 15.8 Å². The highest BCUT2D eigenvalue weighted by molar-refractivity contribution is 5.93. The summed E-state index contributed by atoms with van der Waals surface area (Å²) < 4.78 is 13.1. The maximum absolute atomic E-state index is 13.1. The first-order valence-corrected chi connectivity index (χ1v) is 7.99. The predicted molar refractivity (Wildman–Crippen MR) is 94.5 cm³/mol. The maximum atomic E-state index is 13.1. The van der Waals surface area contributed by atoms with Crippen molar-refractivity contribution in [2.24, 2.45) is 5.92 Å². The van der Waals surface area contributed by atoms with Crippen molar-refractivity contribution in [1.29, 1.82) is 0 Å². The van der Waals surface area contributed by atoms with Crippen LogP contribution in [0.5, 0.6) is 0 Å². The number of anilines is 2. The normalized spacial score (nSPS) is 11.9. The Hall–Kier alpha value is -2.73. The molecule has 2 aromatic carbocycles. The van der Waals surface area contributed by atoms with Gasteiger partial charge in [-0.05, 0) is 42.0 Å². The zero-order valence-corrected chi connectivity index (χ0v) is 14.1. The van der Waals surface area contributed by atoms with Crippen LogP contribution in [0.1, 0.15) is 31.9 Å². The summed E-state index contributed by atoms with van der Waals surface area (Å²) in [5.41, 5.74) is 1.53. The lowest BCUT2D eigenvalue weighted by Gasteiger charge is -2.12. The fraction of sp³-hybridized carbons (Fsp3) is 0.263. The lowest BCUT2D eigenvalue weighted by Crippen LogP contribution is -2.18. The van der Waals surface area contributed by atoms with Gasteiger partial charge in [0.15, 0.2) is 0 Å². The van der Waals surface area contributed by atoms with Gasteiger partial charge in [-0.3, -0.25) is 9.59 Å². The molecule has 1 atom stereocenters. The maximum Gasteiger partial charge on any atom is 0.227 e. The molecule has 1 unspecified atom stereocenters. The third-order valence-electron chi connectivity index (χ3n) is 3.57. The van der Waals surface area contributed by atoms with E-state index in [1.54, 1.807) is 44.2 Å². The molecule has 3 N–H and O–H groups in total. The number of carbonyl (C=O) groups excluding carboxylic acids is 2. The fourth-order valence-electron chi connectivity index (χ4n) is 2.14. The molecule has 0 fully saturated rings. The second-order valence-corrected chi connectivity index (χ2v) is 6.04. The number of carbonyl (C=O) groups is 2. The molecule has 5 nitrogen and oxygen atoms in total. The molecule has 0 radical (unpaired) electrons. The van der Waals surface area contributed by atoms with Crippen molar-refractivity contribution in [3.63, 3.8) is 0 Å². The van der Waals surface area contributed by atoms with Crippen LogP contribution in [0.2, 0.25) is 0 Å². The topological polar surface area (TPSA) is 78.4 Å². The van der Waals surface area contributed by atoms with Gasteiger partial charge in [-0.2, -0.15) is 0 Å². The van der Waals surface area contributed by atoms with E-state index in [1.807, 2.05) is 0 Å². The van der Waals surface area contributed by atoms with Crippen LogP contribution >= 0.6 is 0 Å². The quantitative estimate of drug-likeness (QED) is 0.751. The molecule has 132 valence electrons. The SMILES string of the molecule is CC(C)C(=O)Nc1ccc(NC(=O)CC(O)c2cccc(F)c2)cc1. The Balaban J connectivity index is 1.91. The summed E-state index contributed by atoms with van der Waals surface area (Å²) in [6.45, 7) is 3.60. The van der Waals surface area contributed by atoms with Gasteiger partial charge in [0, 0.05) is 17.3 Å². The molecule has 2 rings (SSSR count). The Morgan fingerprint density at radius 2 is 1.64 bits per heavy atom. The number of rotatable bonds is 6. The van der Waals surface area contributed by atoms with Crippen LogP contribution in [0.3, 0.4) is 0 Å². The molecule has 0 saturated heterocycles. The predicted octanol–water partition coefficient (Wildman–Crippen LogP) is 3.48. The van der Waals surface area contributed by atoms with Gasteiger partial charge in [0.05, 0.1) is 12.5 Å². The van der Waals surface area contributed by atoms with E-state index < -0.39 is 17.8 Å². The lowest BCUT2D eigenvalue weighted by molar-refractivity contribution is -0.119. The van der Waals surface area contributed by atoms with E-state index in [0.717, 1.165) is 0 Å². The third kappa shape index (κ3) is 5.69. The minimum atomic E-state index is -1.08. The smallest absolute Gasteiger partial charge is 0.227 e. The van der Waals surface area contributed by atoms with Crippen molar-refractivity contribution in [2.75, 3.05) is 10.6 Å². The van der Waals surface area contributed by atoms with Crippen LogP contribution in [-0.4, -0.2) is 16.9 Å². The zero-order chi connectivity index (χ0) is 18.4. The van der Waals surface area contributed by atoms with Gasteiger partial charge < -0.3 is 15.7 Å². The Kier molecular flexibility index (Phi) is 6.25. The molecule has 25 heavy (non-hydrogen) atoms. The van der Waals surface area contributed by atoms with Crippen LogP contribution in [0.25, 0.3) is 0 Å². The van der Waals surface area contributed by atoms with E-state index in [1.165, 1.54) is 18.2 Å². The Bertz CT molecular complexity index is 745. The number of aliphatic hydroxyl groups excluding tert-OH is 1. The first kappa shape index (κ1) is 18.6. The standard InChI is InChI=1S/C19H21FN2O3/c1-12(2)19(25)22-16-8-6-15(7-9-16)21-18(24)11-17(23)13-4-3-5-14(20)10-13/h3-10,12,17,23H,11H2,1-2H3,(H,21,24)(H,22,25). The van der Waals surface area contributed by atoms with Gasteiger partial charge in [-0.25, -0.2) is 4.39 Å². The van der Waals surface area contributed by atoms with Crippen molar-refractivity contribution in [2.45, 2.75) is 26.4 Å². The van der Waals surface area contributed by atoms with Gasteiger partial charge in [0.1, 0.15) is 5.82 Å². The molecule has 0 aliphatic heterocycles. The van der Waals surface area contributed by atoms with Gasteiger partial charge in [0.2, 0.25) is 11.8 Å². The summed E-state index contributed by atoms with van der Waals surface area (Å²) >= 11 is 0. The first-order chi connectivity index (χ1) is 11.8. The van der Waals surface area contributed by atoms with Crippen LogP contribution in [-0.2, 0) is 9.59 Å². The van der Waals surface area contributed by atoms with Gasteiger partial charge in [-0.1, -0.05) is 26.0 Å². The van der Waals surface area contributed by atoms with Crippen molar-refractivity contribution in [1.82, 2.24) is 0 Å². The highest BCUT2D eigenvalue weighted by Gasteiger charge is 2.14. The molecule has 0 saturated carbocycles. The summed E-state index contributed by atoms with van der Waals surface area (Å²) in [5.74, 6) is -1.06. The Labute approximate surface area is 145 Å². The number of hydrogen-bond donors (Lipinski definition) is 3. The number of aliphatic hydroxyl groups is 1. The van der Waals surface area contributed by atoms with Crippen molar-refractivity contribution >= 4 is 23.2 Å². The molecule has 0 aliphatic carbocycles. The Morgan fingerprint density at radius 1 is 1.04 bits per heavy atom. The Morgan fingerprint density at radius 3 is 2.20 bits per heavy atom. The minimum absolute atomic E-state index is 0.0880. The summed E-state index contributed by atoms with van der Waals surface area (Å²) in [6, 6.07) is 12.2. The second-order valence-electron chi connectivity index (χ2n) is 6.04.